The van der Waals surface area contributed by atoms with E-state index in [0.717, 1.165) is 19.1 Å². The van der Waals surface area contributed by atoms with Crippen molar-refractivity contribution in [2.24, 2.45) is 5.92 Å². The molecule has 0 fully saturated rings. The molecule has 0 saturated carbocycles. The number of rotatable bonds is 21. The molecule has 0 saturated heterocycles. The second-order valence-electron chi connectivity index (χ2n) is 8.11. The fraction of sp³-hybridized carbons (Fsp3) is 1.00. The van der Waals surface area contributed by atoms with E-state index in [9.17, 15) is 0 Å². The van der Waals surface area contributed by atoms with E-state index in [-0.39, 0.29) is 0 Å². The van der Waals surface area contributed by atoms with Crippen molar-refractivity contribution < 1.29 is 4.74 Å². The van der Waals surface area contributed by atoms with E-state index >= 15 is 0 Å². The molecule has 0 aliphatic carbocycles. The summed E-state index contributed by atoms with van der Waals surface area (Å²) in [5.41, 5.74) is 0. The minimum Gasteiger partial charge on any atom is -0.381 e. The van der Waals surface area contributed by atoms with Gasteiger partial charge in [0.05, 0.1) is 0 Å². The summed E-state index contributed by atoms with van der Waals surface area (Å²) in [7, 11) is 0. The van der Waals surface area contributed by atoms with E-state index in [1.807, 2.05) is 0 Å². The third-order valence-electron chi connectivity index (χ3n) is 5.43. The Morgan fingerprint density at radius 2 is 0.880 bits per heavy atom. The Morgan fingerprint density at radius 1 is 0.480 bits per heavy atom. The van der Waals surface area contributed by atoms with Gasteiger partial charge >= 0.3 is 0 Å². The minimum atomic E-state index is 0.822. The van der Waals surface area contributed by atoms with Crippen LogP contribution in [0.2, 0.25) is 0 Å². The maximum atomic E-state index is 5.95. The molecule has 0 aliphatic rings. The second kappa shape index (κ2) is 22.0. The zero-order chi connectivity index (χ0) is 18.4. The molecule has 0 aromatic heterocycles. The first-order valence-corrected chi connectivity index (χ1v) is 11.9. The van der Waals surface area contributed by atoms with Gasteiger partial charge in [-0.2, -0.15) is 0 Å². The van der Waals surface area contributed by atoms with Crippen LogP contribution in [0.25, 0.3) is 0 Å². The quantitative estimate of drug-likeness (QED) is 0.187. The zero-order valence-corrected chi connectivity index (χ0v) is 18.1. The fourth-order valence-electron chi connectivity index (χ4n) is 3.59. The Hall–Kier alpha value is -0.0400. The monoisotopic (exact) mass is 354 g/mol. The van der Waals surface area contributed by atoms with Crippen molar-refractivity contribution >= 4 is 0 Å². The maximum absolute atomic E-state index is 5.95. The Kier molecular flexibility index (Phi) is 22.0. The first kappa shape index (κ1) is 25.0. The van der Waals surface area contributed by atoms with Gasteiger partial charge in [-0.25, -0.2) is 0 Å². The van der Waals surface area contributed by atoms with Crippen molar-refractivity contribution in [3.8, 4) is 0 Å². The molecule has 1 heteroatoms. The minimum absolute atomic E-state index is 0.822. The third-order valence-corrected chi connectivity index (χ3v) is 5.43. The number of ether oxygens (including phenoxy) is 1. The summed E-state index contributed by atoms with van der Waals surface area (Å²) >= 11 is 0. The molecule has 152 valence electrons. The first-order chi connectivity index (χ1) is 12.3. The van der Waals surface area contributed by atoms with Gasteiger partial charge in [-0.1, -0.05) is 117 Å². The maximum Gasteiger partial charge on any atom is 0.0494 e. The van der Waals surface area contributed by atoms with E-state index in [4.69, 9.17) is 4.74 Å². The molecule has 0 aromatic carbocycles. The van der Waals surface area contributed by atoms with Gasteiger partial charge in [0.1, 0.15) is 0 Å². The molecule has 0 rings (SSSR count). The van der Waals surface area contributed by atoms with Gasteiger partial charge < -0.3 is 4.74 Å². The highest BCUT2D eigenvalue weighted by Crippen LogP contribution is 2.20. The summed E-state index contributed by atoms with van der Waals surface area (Å²) in [6.07, 6.45) is 25.2. The molecule has 0 radical (unpaired) electrons. The van der Waals surface area contributed by atoms with Crippen LogP contribution in [0, 0.1) is 5.92 Å². The molecule has 0 amide bonds. The van der Waals surface area contributed by atoms with Gasteiger partial charge in [0, 0.05) is 13.2 Å². The van der Waals surface area contributed by atoms with Crippen molar-refractivity contribution in [2.45, 2.75) is 136 Å². The zero-order valence-electron chi connectivity index (χ0n) is 18.1. The van der Waals surface area contributed by atoms with Crippen molar-refractivity contribution in [1.29, 1.82) is 0 Å². The van der Waals surface area contributed by atoms with Crippen LogP contribution in [0.3, 0.4) is 0 Å². The van der Waals surface area contributed by atoms with E-state index in [1.165, 1.54) is 116 Å². The van der Waals surface area contributed by atoms with E-state index in [1.54, 1.807) is 0 Å². The van der Waals surface area contributed by atoms with Gasteiger partial charge in [0.25, 0.3) is 0 Å². The molecule has 0 heterocycles. The SMILES string of the molecule is CCCCCCCCCCC(CCCCCCCC)COCCCC. The Balaban J connectivity index is 3.69. The van der Waals surface area contributed by atoms with Crippen molar-refractivity contribution in [3.63, 3.8) is 0 Å². The van der Waals surface area contributed by atoms with Gasteiger partial charge in [0.15, 0.2) is 0 Å². The standard InChI is InChI=1S/C24H50O/c1-4-7-10-12-14-15-17-19-21-24(23-25-22-9-6-3)20-18-16-13-11-8-5-2/h24H,4-23H2,1-3H3. The lowest BCUT2D eigenvalue weighted by atomic mass is 9.94. The van der Waals surface area contributed by atoms with E-state index in [2.05, 4.69) is 20.8 Å². The lowest BCUT2D eigenvalue weighted by molar-refractivity contribution is 0.0888. The average Bonchev–Trinajstić information content (AvgIpc) is 2.63. The molecule has 0 aromatic rings. The predicted molar refractivity (Wildman–Crippen MR) is 114 cm³/mol. The lowest BCUT2D eigenvalue weighted by Crippen LogP contribution is -2.11. The molecule has 0 spiro atoms. The van der Waals surface area contributed by atoms with E-state index < -0.39 is 0 Å². The normalized spacial score (nSPS) is 12.6. The molecule has 0 aliphatic heterocycles. The average molecular weight is 355 g/mol. The van der Waals surface area contributed by atoms with Gasteiger partial charge in [-0.15, -0.1) is 0 Å². The molecule has 1 nitrogen and oxygen atoms in total. The topological polar surface area (TPSA) is 9.23 Å². The summed E-state index contributed by atoms with van der Waals surface area (Å²) in [6.45, 7) is 8.84. The summed E-state index contributed by atoms with van der Waals surface area (Å²) in [6, 6.07) is 0. The van der Waals surface area contributed by atoms with Crippen LogP contribution in [0.15, 0.2) is 0 Å². The smallest absolute Gasteiger partial charge is 0.0494 e. The fourth-order valence-corrected chi connectivity index (χ4v) is 3.59. The highest BCUT2D eigenvalue weighted by Gasteiger charge is 2.09. The number of unbranched alkanes of at least 4 members (excludes halogenated alkanes) is 13. The van der Waals surface area contributed by atoms with Gasteiger partial charge in [0.2, 0.25) is 0 Å². The van der Waals surface area contributed by atoms with Crippen LogP contribution in [0.4, 0.5) is 0 Å². The van der Waals surface area contributed by atoms with Gasteiger partial charge in [-0.3, -0.25) is 0 Å². The van der Waals surface area contributed by atoms with Gasteiger partial charge in [-0.05, 0) is 25.2 Å². The highest BCUT2D eigenvalue weighted by atomic mass is 16.5. The lowest BCUT2D eigenvalue weighted by Gasteiger charge is -2.17. The molecule has 1 atom stereocenters. The third kappa shape index (κ3) is 20.1. The van der Waals surface area contributed by atoms with Crippen LogP contribution in [0.1, 0.15) is 136 Å². The summed E-state index contributed by atoms with van der Waals surface area (Å²) in [5, 5.41) is 0. The number of hydrogen-bond acceptors (Lipinski definition) is 1. The highest BCUT2D eigenvalue weighted by molar-refractivity contribution is 4.61. The molecule has 0 N–H and O–H groups in total. The van der Waals surface area contributed by atoms with Crippen LogP contribution in [0.5, 0.6) is 0 Å². The molecular weight excluding hydrogens is 304 g/mol. The molecule has 1 unspecified atom stereocenters. The van der Waals surface area contributed by atoms with Crippen LogP contribution >= 0.6 is 0 Å². The Labute approximate surface area is 160 Å². The molecule has 25 heavy (non-hydrogen) atoms. The summed E-state index contributed by atoms with van der Waals surface area (Å²) < 4.78 is 5.95. The molecular formula is C24H50O. The largest absolute Gasteiger partial charge is 0.381 e. The molecule has 0 bridgehead atoms. The first-order valence-electron chi connectivity index (χ1n) is 11.9. The summed E-state index contributed by atoms with van der Waals surface area (Å²) in [5.74, 6) is 0.822. The number of hydrogen-bond donors (Lipinski definition) is 0. The van der Waals surface area contributed by atoms with E-state index in [0.29, 0.717) is 0 Å². The Morgan fingerprint density at radius 3 is 1.32 bits per heavy atom. The van der Waals surface area contributed by atoms with Crippen molar-refractivity contribution in [2.75, 3.05) is 13.2 Å². The summed E-state index contributed by atoms with van der Waals surface area (Å²) in [4.78, 5) is 0. The van der Waals surface area contributed by atoms with Crippen LogP contribution in [-0.2, 0) is 4.74 Å². The van der Waals surface area contributed by atoms with Crippen LogP contribution < -0.4 is 0 Å². The van der Waals surface area contributed by atoms with Crippen LogP contribution in [-0.4, -0.2) is 13.2 Å². The van der Waals surface area contributed by atoms with Crippen molar-refractivity contribution in [3.05, 3.63) is 0 Å². The predicted octanol–water partition coefficient (Wildman–Crippen LogP) is 8.70. The second-order valence-corrected chi connectivity index (χ2v) is 8.11. The van der Waals surface area contributed by atoms with Crippen molar-refractivity contribution in [1.82, 2.24) is 0 Å². The Bertz CT molecular complexity index is 226.